The highest BCUT2D eigenvalue weighted by Crippen LogP contribution is 2.50. The number of rotatable bonds is 4. The number of tetrazole rings is 1. The van der Waals surface area contributed by atoms with Gasteiger partial charge in [-0.05, 0) is 60.5 Å². The Hall–Kier alpha value is -3.66. The zero-order chi connectivity index (χ0) is 23.2. The van der Waals surface area contributed by atoms with E-state index >= 15 is 0 Å². The number of hydrogen-bond donors (Lipinski definition) is 0. The summed E-state index contributed by atoms with van der Waals surface area (Å²) in [5.41, 5.74) is 3.33. The van der Waals surface area contributed by atoms with Crippen molar-refractivity contribution >= 4 is 5.91 Å². The van der Waals surface area contributed by atoms with Crippen molar-refractivity contribution in [3.05, 3.63) is 52.8 Å². The van der Waals surface area contributed by atoms with Crippen LogP contribution in [0.2, 0.25) is 0 Å². The van der Waals surface area contributed by atoms with Crippen LogP contribution in [-0.2, 0) is 6.42 Å². The normalized spacial score (nSPS) is 19.4. The number of likely N-dealkylation sites (tertiary alicyclic amines) is 1. The number of fused-ring (bicyclic) bond motifs is 2. The van der Waals surface area contributed by atoms with E-state index in [0.717, 1.165) is 50.0 Å². The third kappa shape index (κ3) is 3.20. The number of hydrogen-bond acceptors (Lipinski definition) is 8. The van der Waals surface area contributed by atoms with E-state index in [-0.39, 0.29) is 18.7 Å². The first kappa shape index (κ1) is 20.9. The molecule has 2 aromatic carbocycles. The van der Waals surface area contributed by atoms with Crippen molar-refractivity contribution in [3.63, 3.8) is 0 Å². The number of aromatic nitrogens is 4. The van der Waals surface area contributed by atoms with Crippen LogP contribution in [0.4, 0.5) is 0 Å². The number of carbonyl (C=O) groups excluding carboxylic acids is 1. The Bertz CT molecular complexity index is 1250. The van der Waals surface area contributed by atoms with Gasteiger partial charge in [0.15, 0.2) is 17.3 Å². The molecule has 4 heterocycles. The van der Waals surface area contributed by atoms with Crippen LogP contribution in [0.1, 0.15) is 46.2 Å². The standard InChI is InChI=1S/C24H26N6O4/c1-28-12-9-15-13-18-21(34-14-33-18)22(32-2)19(15)20(28)23-25-26-27-30(23)17-8-4-3-7-16(17)24(31)29-10-5-6-11-29/h3-4,7-8,13,20H,5-6,9-12,14H2,1-2H3/t20-/m1/s1. The topological polar surface area (TPSA) is 94.8 Å². The molecule has 34 heavy (non-hydrogen) atoms. The molecule has 6 rings (SSSR count). The number of carbonyl (C=O) groups is 1. The van der Waals surface area contributed by atoms with Gasteiger partial charge >= 0.3 is 0 Å². The molecule has 3 aromatic rings. The monoisotopic (exact) mass is 462 g/mol. The molecule has 1 fully saturated rings. The van der Waals surface area contributed by atoms with Gasteiger partial charge in [0.1, 0.15) is 6.04 Å². The highest BCUT2D eigenvalue weighted by atomic mass is 16.7. The van der Waals surface area contributed by atoms with Crippen molar-refractivity contribution < 1.29 is 19.0 Å². The molecule has 0 unspecified atom stereocenters. The molecule has 10 nitrogen and oxygen atoms in total. The van der Waals surface area contributed by atoms with E-state index in [2.05, 4.69) is 20.4 Å². The first-order chi connectivity index (χ1) is 16.7. The van der Waals surface area contributed by atoms with E-state index in [0.29, 0.717) is 34.3 Å². The Morgan fingerprint density at radius 3 is 2.79 bits per heavy atom. The third-order valence-electron chi connectivity index (χ3n) is 6.89. The average Bonchev–Trinajstić information content (AvgIpc) is 3.64. The number of para-hydroxylation sites is 1. The molecule has 0 radical (unpaired) electrons. The summed E-state index contributed by atoms with van der Waals surface area (Å²) in [6.07, 6.45) is 2.90. The van der Waals surface area contributed by atoms with Crippen molar-refractivity contribution in [2.24, 2.45) is 0 Å². The lowest BCUT2D eigenvalue weighted by atomic mass is 9.90. The molecule has 1 amide bonds. The predicted octanol–water partition coefficient (Wildman–Crippen LogP) is 2.21. The van der Waals surface area contributed by atoms with Crippen LogP contribution in [0.3, 0.4) is 0 Å². The summed E-state index contributed by atoms with van der Waals surface area (Å²) in [7, 11) is 3.67. The van der Waals surface area contributed by atoms with E-state index in [1.807, 2.05) is 42.3 Å². The van der Waals surface area contributed by atoms with Crippen LogP contribution in [0, 0.1) is 0 Å². The molecule has 0 bridgehead atoms. The lowest BCUT2D eigenvalue weighted by Crippen LogP contribution is -2.35. The van der Waals surface area contributed by atoms with Gasteiger partial charge < -0.3 is 19.1 Å². The molecule has 1 atom stereocenters. The van der Waals surface area contributed by atoms with E-state index in [4.69, 9.17) is 14.2 Å². The van der Waals surface area contributed by atoms with Gasteiger partial charge in [0.05, 0.1) is 18.4 Å². The molecule has 10 heteroatoms. The number of ether oxygens (including phenoxy) is 3. The van der Waals surface area contributed by atoms with Crippen molar-refractivity contribution in [2.45, 2.75) is 25.3 Å². The Morgan fingerprint density at radius 2 is 1.97 bits per heavy atom. The summed E-state index contributed by atoms with van der Waals surface area (Å²) in [5.74, 6) is 2.55. The Morgan fingerprint density at radius 1 is 1.15 bits per heavy atom. The van der Waals surface area contributed by atoms with Gasteiger partial charge in [-0.2, -0.15) is 4.68 Å². The minimum atomic E-state index is -0.293. The van der Waals surface area contributed by atoms with Crippen LogP contribution in [0.25, 0.3) is 5.69 Å². The fourth-order valence-electron chi connectivity index (χ4n) is 5.22. The van der Waals surface area contributed by atoms with E-state index in [9.17, 15) is 4.79 Å². The summed E-state index contributed by atoms with van der Waals surface area (Å²) in [6.45, 7) is 2.53. The number of benzene rings is 2. The first-order valence-corrected chi connectivity index (χ1v) is 11.5. The van der Waals surface area contributed by atoms with E-state index in [1.165, 1.54) is 0 Å². The Kier molecular flexibility index (Phi) is 5.09. The second-order valence-electron chi connectivity index (χ2n) is 8.81. The van der Waals surface area contributed by atoms with Gasteiger partial charge in [0.2, 0.25) is 12.5 Å². The van der Waals surface area contributed by atoms with Crippen LogP contribution in [0.15, 0.2) is 30.3 Å². The average molecular weight is 463 g/mol. The second kappa shape index (κ2) is 8.28. The molecule has 3 aliphatic heterocycles. The quantitative estimate of drug-likeness (QED) is 0.583. The molecule has 3 aliphatic rings. The molecular weight excluding hydrogens is 436 g/mol. The largest absolute Gasteiger partial charge is 0.492 e. The first-order valence-electron chi connectivity index (χ1n) is 11.5. The number of amides is 1. The number of likely N-dealkylation sites (N-methyl/N-ethyl adjacent to an activating group) is 1. The smallest absolute Gasteiger partial charge is 0.256 e. The van der Waals surface area contributed by atoms with Gasteiger partial charge in [-0.3, -0.25) is 9.69 Å². The Labute approximate surface area is 197 Å². The second-order valence-corrected chi connectivity index (χ2v) is 8.81. The number of methoxy groups -OCH3 is 1. The highest BCUT2D eigenvalue weighted by molar-refractivity contribution is 5.98. The molecule has 0 spiro atoms. The van der Waals surface area contributed by atoms with Crippen LogP contribution < -0.4 is 14.2 Å². The maximum Gasteiger partial charge on any atom is 0.256 e. The number of nitrogens with zero attached hydrogens (tertiary/aromatic N) is 6. The molecule has 0 N–H and O–H groups in total. The summed E-state index contributed by atoms with van der Waals surface area (Å²) < 4.78 is 18.9. The molecule has 1 saturated heterocycles. The van der Waals surface area contributed by atoms with Crippen LogP contribution >= 0.6 is 0 Å². The van der Waals surface area contributed by atoms with Crippen LogP contribution in [-0.4, -0.2) is 76.5 Å². The summed E-state index contributed by atoms with van der Waals surface area (Å²) in [5, 5.41) is 12.8. The summed E-state index contributed by atoms with van der Waals surface area (Å²) >= 11 is 0. The van der Waals surface area contributed by atoms with Gasteiger partial charge in [-0.15, -0.1) is 5.10 Å². The van der Waals surface area contributed by atoms with Crippen molar-refractivity contribution in [3.8, 4) is 22.9 Å². The van der Waals surface area contributed by atoms with E-state index < -0.39 is 0 Å². The fourth-order valence-corrected chi connectivity index (χ4v) is 5.22. The SMILES string of the molecule is COc1c2c(cc3c1[C@H](c1nnnn1-c1ccccc1C(=O)N1CCCC1)N(C)CC3)OCO2. The molecule has 0 aliphatic carbocycles. The zero-order valence-electron chi connectivity index (χ0n) is 19.2. The van der Waals surface area contributed by atoms with Gasteiger partial charge in [0, 0.05) is 25.2 Å². The van der Waals surface area contributed by atoms with Gasteiger partial charge in [0.25, 0.3) is 5.91 Å². The summed E-state index contributed by atoms with van der Waals surface area (Å²) in [4.78, 5) is 17.4. The minimum absolute atomic E-state index is 0.00731. The Balaban J connectivity index is 1.49. The molecule has 1 aromatic heterocycles. The maximum absolute atomic E-state index is 13.3. The maximum atomic E-state index is 13.3. The molecular formula is C24H26N6O4. The minimum Gasteiger partial charge on any atom is -0.492 e. The zero-order valence-corrected chi connectivity index (χ0v) is 19.2. The van der Waals surface area contributed by atoms with E-state index in [1.54, 1.807) is 11.8 Å². The highest BCUT2D eigenvalue weighted by Gasteiger charge is 2.38. The molecule has 0 saturated carbocycles. The van der Waals surface area contributed by atoms with Crippen molar-refractivity contribution in [1.82, 2.24) is 30.0 Å². The fraction of sp³-hybridized carbons (Fsp3) is 0.417. The van der Waals surface area contributed by atoms with Gasteiger partial charge in [-0.1, -0.05) is 12.1 Å². The lowest BCUT2D eigenvalue weighted by molar-refractivity contribution is 0.0792. The molecule has 176 valence electrons. The van der Waals surface area contributed by atoms with Crippen LogP contribution in [0.5, 0.6) is 17.2 Å². The van der Waals surface area contributed by atoms with Crippen molar-refractivity contribution in [1.29, 1.82) is 0 Å². The summed E-state index contributed by atoms with van der Waals surface area (Å²) in [6, 6.07) is 9.25. The third-order valence-corrected chi connectivity index (χ3v) is 6.89. The lowest BCUT2D eigenvalue weighted by Gasteiger charge is -2.35. The van der Waals surface area contributed by atoms with Gasteiger partial charge in [-0.25, -0.2) is 0 Å². The van der Waals surface area contributed by atoms with Crippen molar-refractivity contribution in [2.75, 3.05) is 40.6 Å². The predicted molar refractivity (Wildman–Crippen MR) is 122 cm³/mol.